The van der Waals surface area contributed by atoms with Crippen LogP contribution in [0.3, 0.4) is 0 Å². The quantitative estimate of drug-likeness (QED) is 0.692. The van der Waals surface area contributed by atoms with Gasteiger partial charge in [-0.1, -0.05) is 30.3 Å². The van der Waals surface area contributed by atoms with Gasteiger partial charge in [-0.2, -0.15) is 4.31 Å². The first-order valence-corrected chi connectivity index (χ1v) is 12.5. The Hall–Kier alpha value is -2.97. The summed E-state index contributed by atoms with van der Waals surface area (Å²) in [6.07, 6.45) is 3.77. The first kappa shape index (κ1) is 23.2. The van der Waals surface area contributed by atoms with E-state index in [0.717, 1.165) is 22.3 Å². The van der Waals surface area contributed by atoms with Crippen LogP contribution in [0.15, 0.2) is 53.6 Å². The lowest BCUT2D eigenvalue weighted by Crippen LogP contribution is -2.51. The minimum absolute atomic E-state index is 0.0837. The van der Waals surface area contributed by atoms with Gasteiger partial charge in [0.2, 0.25) is 21.8 Å². The number of rotatable bonds is 4. The normalized spacial score (nSPS) is 18.8. The summed E-state index contributed by atoms with van der Waals surface area (Å²) in [5.41, 5.74) is 3.92. The van der Waals surface area contributed by atoms with E-state index in [9.17, 15) is 18.0 Å². The zero-order valence-corrected chi connectivity index (χ0v) is 20.0. The number of hydrogen-bond acceptors (Lipinski definition) is 4. The summed E-state index contributed by atoms with van der Waals surface area (Å²) in [5.74, 6) is -0.206. The van der Waals surface area contributed by atoms with Crippen molar-refractivity contribution in [3.8, 4) is 0 Å². The third-order valence-corrected chi connectivity index (χ3v) is 8.44. The second-order valence-corrected chi connectivity index (χ2v) is 10.6. The lowest BCUT2D eigenvalue weighted by atomic mass is 9.93. The van der Waals surface area contributed by atoms with Gasteiger partial charge in [-0.15, -0.1) is 0 Å². The lowest BCUT2D eigenvalue weighted by molar-refractivity contribution is -0.135. The molecule has 1 unspecified atom stereocenters. The van der Waals surface area contributed by atoms with Crippen LogP contribution in [-0.4, -0.2) is 60.5 Å². The molecule has 2 heterocycles. The van der Waals surface area contributed by atoms with Gasteiger partial charge in [0.1, 0.15) is 0 Å². The fourth-order valence-corrected chi connectivity index (χ4v) is 5.92. The van der Waals surface area contributed by atoms with Gasteiger partial charge in [0.25, 0.3) is 0 Å². The van der Waals surface area contributed by atoms with E-state index in [4.69, 9.17) is 0 Å². The molecule has 33 heavy (non-hydrogen) atoms. The highest BCUT2D eigenvalue weighted by atomic mass is 32.2. The fourth-order valence-electron chi connectivity index (χ4n) is 4.41. The van der Waals surface area contributed by atoms with Crippen molar-refractivity contribution in [3.05, 3.63) is 70.9 Å². The summed E-state index contributed by atoms with van der Waals surface area (Å²) in [7, 11) is -3.60. The van der Waals surface area contributed by atoms with Crippen molar-refractivity contribution < 1.29 is 18.0 Å². The Labute approximate surface area is 195 Å². The lowest BCUT2D eigenvalue weighted by Gasteiger charge is -2.37. The van der Waals surface area contributed by atoms with E-state index in [2.05, 4.69) is 0 Å². The molecule has 1 saturated heterocycles. The summed E-state index contributed by atoms with van der Waals surface area (Å²) in [6.45, 7) is 6.49. The number of hydrogen-bond donors (Lipinski definition) is 0. The Morgan fingerprint density at radius 1 is 0.970 bits per heavy atom. The fraction of sp³-hybridized carbons (Fsp3) is 0.360. The summed E-state index contributed by atoms with van der Waals surface area (Å²) >= 11 is 0. The molecule has 1 atom stereocenters. The molecule has 0 spiro atoms. The van der Waals surface area contributed by atoms with Crippen molar-refractivity contribution in [2.75, 3.05) is 26.2 Å². The average Bonchev–Trinajstić information content (AvgIpc) is 2.80. The molecule has 2 amide bonds. The van der Waals surface area contributed by atoms with Crippen LogP contribution in [0.1, 0.15) is 41.6 Å². The van der Waals surface area contributed by atoms with Gasteiger partial charge in [-0.25, -0.2) is 8.42 Å². The molecule has 8 heteroatoms. The second kappa shape index (κ2) is 9.11. The zero-order chi connectivity index (χ0) is 23.8. The number of piperazine rings is 1. The van der Waals surface area contributed by atoms with E-state index in [1.165, 1.54) is 11.2 Å². The van der Waals surface area contributed by atoms with Gasteiger partial charge in [0.15, 0.2) is 0 Å². The predicted molar refractivity (Wildman–Crippen MR) is 127 cm³/mol. The maximum Gasteiger partial charge on any atom is 0.243 e. The maximum absolute atomic E-state index is 13.1. The molecule has 2 aliphatic rings. The summed E-state index contributed by atoms with van der Waals surface area (Å²) in [4.78, 5) is 28.9. The number of amides is 2. The Morgan fingerprint density at radius 3 is 2.33 bits per heavy atom. The van der Waals surface area contributed by atoms with Crippen LogP contribution in [-0.2, 0) is 19.6 Å². The minimum atomic E-state index is -3.60. The van der Waals surface area contributed by atoms with Gasteiger partial charge in [-0.05, 0) is 54.3 Å². The number of carbonyl (C=O) groups is 2. The molecule has 0 aliphatic carbocycles. The Balaban J connectivity index is 1.44. The molecule has 0 aromatic heterocycles. The first-order valence-electron chi connectivity index (χ1n) is 11.1. The van der Waals surface area contributed by atoms with Crippen LogP contribution >= 0.6 is 0 Å². The molecule has 0 bridgehead atoms. The molecule has 2 aliphatic heterocycles. The molecule has 0 radical (unpaired) electrons. The molecular formula is C25H29N3O4S. The highest BCUT2D eigenvalue weighted by Gasteiger charge is 2.33. The number of carbonyl (C=O) groups excluding carboxylic acids is 2. The van der Waals surface area contributed by atoms with Gasteiger partial charge in [-0.3, -0.25) is 9.59 Å². The Morgan fingerprint density at radius 2 is 1.67 bits per heavy atom. The molecule has 2 aromatic carbocycles. The summed E-state index contributed by atoms with van der Waals surface area (Å²) < 4.78 is 27.6. The van der Waals surface area contributed by atoms with Gasteiger partial charge >= 0.3 is 0 Å². The number of benzene rings is 2. The zero-order valence-electron chi connectivity index (χ0n) is 19.2. The van der Waals surface area contributed by atoms with Crippen molar-refractivity contribution in [1.29, 1.82) is 0 Å². The van der Waals surface area contributed by atoms with Gasteiger partial charge in [0.05, 0.1) is 17.4 Å². The van der Waals surface area contributed by atoms with Crippen LogP contribution in [0, 0.1) is 13.8 Å². The smallest absolute Gasteiger partial charge is 0.243 e. The molecule has 0 saturated carbocycles. The van der Waals surface area contributed by atoms with Crippen LogP contribution in [0.5, 0.6) is 0 Å². The molecular weight excluding hydrogens is 438 g/mol. The van der Waals surface area contributed by atoms with E-state index in [-0.39, 0.29) is 42.3 Å². The molecule has 1 fully saturated rings. The van der Waals surface area contributed by atoms with E-state index in [1.807, 2.05) is 50.3 Å². The molecule has 7 nitrogen and oxygen atoms in total. The molecule has 174 valence electrons. The highest BCUT2D eigenvalue weighted by Crippen LogP contribution is 2.33. The Bertz CT molecular complexity index is 1210. The summed E-state index contributed by atoms with van der Waals surface area (Å²) in [6, 6.07) is 12.5. The average molecular weight is 468 g/mol. The SMILES string of the molecule is CC(=O)N1C=Cc2ccccc2C1CC(=O)N1CCN(S(=O)(=O)c2ccc(C)c(C)c2)CC1. The van der Waals surface area contributed by atoms with Crippen LogP contribution < -0.4 is 0 Å². The van der Waals surface area contributed by atoms with Crippen LogP contribution in [0.4, 0.5) is 0 Å². The van der Waals surface area contributed by atoms with E-state index in [1.54, 1.807) is 28.1 Å². The predicted octanol–water partition coefficient (Wildman–Crippen LogP) is 3.10. The molecule has 4 rings (SSSR count). The van der Waals surface area contributed by atoms with Gasteiger partial charge in [0, 0.05) is 39.3 Å². The second-order valence-electron chi connectivity index (χ2n) is 8.62. The molecule has 2 aromatic rings. The van der Waals surface area contributed by atoms with Crippen molar-refractivity contribution in [1.82, 2.24) is 14.1 Å². The number of sulfonamides is 1. The third kappa shape index (κ3) is 4.58. The number of fused-ring (bicyclic) bond motifs is 1. The summed E-state index contributed by atoms with van der Waals surface area (Å²) in [5, 5.41) is 0. The van der Waals surface area contributed by atoms with Crippen molar-refractivity contribution >= 4 is 27.9 Å². The van der Waals surface area contributed by atoms with Crippen molar-refractivity contribution in [2.45, 2.75) is 38.1 Å². The first-order chi connectivity index (χ1) is 15.7. The maximum atomic E-state index is 13.1. The van der Waals surface area contributed by atoms with E-state index in [0.29, 0.717) is 13.1 Å². The van der Waals surface area contributed by atoms with Crippen molar-refractivity contribution in [2.24, 2.45) is 0 Å². The van der Waals surface area contributed by atoms with E-state index >= 15 is 0 Å². The monoisotopic (exact) mass is 467 g/mol. The highest BCUT2D eigenvalue weighted by molar-refractivity contribution is 7.89. The van der Waals surface area contributed by atoms with E-state index < -0.39 is 10.0 Å². The van der Waals surface area contributed by atoms with Crippen molar-refractivity contribution in [3.63, 3.8) is 0 Å². The van der Waals surface area contributed by atoms with Crippen LogP contribution in [0.2, 0.25) is 0 Å². The Kier molecular flexibility index (Phi) is 6.41. The molecule has 0 N–H and O–H groups in total. The minimum Gasteiger partial charge on any atom is -0.340 e. The number of nitrogens with zero attached hydrogens (tertiary/aromatic N) is 3. The topological polar surface area (TPSA) is 78.0 Å². The van der Waals surface area contributed by atoms with Crippen LogP contribution in [0.25, 0.3) is 6.08 Å². The number of aryl methyl sites for hydroxylation is 2. The largest absolute Gasteiger partial charge is 0.340 e. The standard InChI is InChI=1S/C25H29N3O4S/c1-18-8-9-22(16-19(18)2)33(31,32)27-14-12-26(13-15-27)25(30)17-24-23-7-5-4-6-21(23)10-11-28(24)20(3)29/h4-11,16,24H,12-15,17H2,1-3H3. The third-order valence-electron chi connectivity index (χ3n) is 6.54. The van der Waals surface area contributed by atoms with Gasteiger partial charge < -0.3 is 9.80 Å².